The zero-order valence-electron chi connectivity index (χ0n) is 11.0. The van der Waals surface area contributed by atoms with Crippen molar-refractivity contribution in [3.63, 3.8) is 0 Å². The van der Waals surface area contributed by atoms with E-state index in [0.717, 1.165) is 0 Å². The third-order valence-electron chi connectivity index (χ3n) is 1.68. The lowest BCUT2D eigenvalue weighted by molar-refractivity contribution is 0.0599. The van der Waals surface area contributed by atoms with Crippen molar-refractivity contribution in [1.82, 2.24) is 0 Å². The topological polar surface area (TPSA) is 55.8 Å². The van der Waals surface area contributed by atoms with Crippen molar-refractivity contribution in [2.24, 2.45) is 0 Å². The van der Waals surface area contributed by atoms with Crippen LogP contribution in [-0.2, 0) is 4.74 Å². The van der Waals surface area contributed by atoms with Crippen LogP contribution in [0.1, 0.15) is 38.1 Å². The molecule has 0 radical (unpaired) electrons. The Hall–Kier alpha value is -1.71. The second-order valence-electron chi connectivity index (χ2n) is 3.37. The van der Waals surface area contributed by atoms with E-state index in [9.17, 15) is 9.90 Å². The van der Waals surface area contributed by atoms with Crippen LogP contribution in [0, 0.1) is 0 Å². The molecule has 4 heteroatoms. The highest BCUT2D eigenvalue weighted by Crippen LogP contribution is 2.23. The van der Waals surface area contributed by atoms with Gasteiger partial charge in [-0.15, -0.1) is 0 Å². The highest BCUT2D eigenvalue weighted by molar-refractivity contribution is 5.90. The molecule has 0 bridgehead atoms. The summed E-state index contributed by atoms with van der Waals surface area (Å²) >= 11 is 0. The highest BCUT2D eigenvalue weighted by Gasteiger charge is 2.09. The SMILES string of the molecule is CC.COC(=O)c1cc(O)cc(OC(C)C)c1. The van der Waals surface area contributed by atoms with E-state index >= 15 is 0 Å². The van der Waals surface area contributed by atoms with Crippen LogP contribution in [0.3, 0.4) is 0 Å². The van der Waals surface area contributed by atoms with Gasteiger partial charge in [0.25, 0.3) is 0 Å². The largest absolute Gasteiger partial charge is 0.508 e. The molecule has 17 heavy (non-hydrogen) atoms. The van der Waals surface area contributed by atoms with Crippen molar-refractivity contribution in [2.45, 2.75) is 33.8 Å². The lowest BCUT2D eigenvalue weighted by Gasteiger charge is -2.10. The van der Waals surface area contributed by atoms with Gasteiger partial charge in [0.2, 0.25) is 0 Å². The highest BCUT2D eigenvalue weighted by atomic mass is 16.5. The van der Waals surface area contributed by atoms with Gasteiger partial charge in [0, 0.05) is 6.07 Å². The van der Waals surface area contributed by atoms with E-state index in [-0.39, 0.29) is 17.4 Å². The summed E-state index contributed by atoms with van der Waals surface area (Å²) in [6.07, 6.45) is -0.0164. The van der Waals surface area contributed by atoms with Crippen LogP contribution in [0.4, 0.5) is 0 Å². The van der Waals surface area contributed by atoms with Crippen LogP contribution in [0.5, 0.6) is 11.5 Å². The van der Waals surface area contributed by atoms with Gasteiger partial charge in [-0.25, -0.2) is 4.79 Å². The number of rotatable bonds is 3. The number of ether oxygens (including phenoxy) is 2. The molecule has 0 spiro atoms. The molecule has 0 saturated carbocycles. The molecule has 0 unspecified atom stereocenters. The Balaban J connectivity index is 0.00000121. The number of hydrogen-bond acceptors (Lipinski definition) is 4. The van der Waals surface area contributed by atoms with Gasteiger partial charge in [-0.3, -0.25) is 0 Å². The van der Waals surface area contributed by atoms with E-state index in [4.69, 9.17) is 4.74 Å². The second kappa shape index (κ2) is 7.54. The fourth-order valence-corrected chi connectivity index (χ4v) is 1.16. The average molecular weight is 240 g/mol. The van der Waals surface area contributed by atoms with E-state index in [1.807, 2.05) is 27.7 Å². The summed E-state index contributed by atoms with van der Waals surface area (Å²) in [7, 11) is 1.29. The fraction of sp³-hybridized carbons (Fsp3) is 0.462. The maximum atomic E-state index is 11.2. The van der Waals surface area contributed by atoms with Crippen LogP contribution in [0.2, 0.25) is 0 Å². The molecule has 0 atom stereocenters. The van der Waals surface area contributed by atoms with Gasteiger partial charge in [0.15, 0.2) is 0 Å². The average Bonchev–Trinajstić information content (AvgIpc) is 2.29. The summed E-state index contributed by atoms with van der Waals surface area (Å²) in [5.74, 6) is -0.0709. The zero-order valence-corrected chi connectivity index (χ0v) is 11.0. The first-order chi connectivity index (χ1) is 8.02. The Labute approximate surface area is 102 Å². The third kappa shape index (κ3) is 5.24. The summed E-state index contributed by atoms with van der Waals surface area (Å²) in [5, 5.41) is 9.36. The molecule has 0 fully saturated rings. The maximum Gasteiger partial charge on any atom is 0.338 e. The van der Waals surface area contributed by atoms with Gasteiger partial charge < -0.3 is 14.6 Å². The van der Waals surface area contributed by atoms with Gasteiger partial charge in [-0.2, -0.15) is 0 Å². The van der Waals surface area contributed by atoms with Crippen LogP contribution >= 0.6 is 0 Å². The molecular formula is C13H20O4. The van der Waals surface area contributed by atoms with Crippen LogP contribution < -0.4 is 4.74 Å². The molecule has 0 amide bonds. The Morgan fingerprint density at radius 1 is 1.24 bits per heavy atom. The number of esters is 1. The van der Waals surface area contributed by atoms with Crippen molar-refractivity contribution in [2.75, 3.05) is 7.11 Å². The summed E-state index contributed by atoms with van der Waals surface area (Å²) in [6.45, 7) is 7.73. The molecule has 1 rings (SSSR count). The molecule has 0 aliphatic rings. The van der Waals surface area contributed by atoms with E-state index in [2.05, 4.69) is 4.74 Å². The lowest BCUT2D eigenvalue weighted by atomic mass is 10.2. The first-order valence-corrected chi connectivity index (χ1v) is 5.62. The van der Waals surface area contributed by atoms with E-state index < -0.39 is 5.97 Å². The Kier molecular flexibility index (Phi) is 6.79. The molecule has 0 aliphatic carbocycles. The molecule has 96 valence electrons. The maximum absolute atomic E-state index is 11.2. The second-order valence-corrected chi connectivity index (χ2v) is 3.37. The number of carbonyl (C=O) groups is 1. The monoisotopic (exact) mass is 240 g/mol. The molecule has 1 aromatic carbocycles. The van der Waals surface area contributed by atoms with E-state index in [1.54, 1.807) is 0 Å². The molecule has 0 saturated heterocycles. The Morgan fingerprint density at radius 2 is 1.82 bits per heavy atom. The molecular weight excluding hydrogens is 220 g/mol. The predicted octanol–water partition coefficient (Wildman–Crippen LogP) is 2.99. The van der Waals surface area contributed by atoms with Crippen LogP contribution in [0.15, 0.2) is 18.2 Å². The van der Waals surface area contributed by atoms with Crippen molar-refractivity contribution >= 4 is 5.97 Å². The summed E-state index contributed by atoms with van der Waals surface area (Å²) in [6, 6.07) is 4.32. The first kappa shape index (κ1) is 15.3. The molecule has 0 heterocycles. The normalized spacial score (nSPS) is 9.29. The third-order valence-corrected chi connectivity index (χ3v) is 1.68. The van der Waals surface area contributed by atoms with Gasteiger partial charge in [0.1, 0.15) is 11.5 Å². The summed E-state index contributed by atoms with van der Waals surface area (Å²) in [5.41, 5.74) is 0.271. The smallest absolute Gasteiger partial charge is 0.338 e. The minimum absolute atomic E-state index is 0.0164. The quantitative estimate of drug-likeness (QED) is 0.825. The van der Waals surface area contributed by atoms with Crippen molar-refractivity contribution in [3.05, 3.63) is 23.8 Å². The van der Waals surface area contributed by atoms with Crippen LogP contribution in [0.25, 0.3) is 0 Å². The van der Waals surface area contributed by atoms with Gasteiger partial charge in [-0.05, 0) is 26.0 Å². The lowest BCUT2D eigenvalue weighted by Crippen LogP contribution is -2.07. The number of carbonyl (C=O) groups excluding carboxylic acids is 1. The van der Waals surface area contributed by atoms with Crippen molar-refractivity contribution in [3.8, 4) is 11.5 Å². The zero-order chi connectivity index (χ0) is 13.4. The molecule has 1 N–H and O–H groups in total. The van der Waals surface area contributed by atoms with Gasteiger partial charge in [0.05, 0.1) is 18.8 Å². The number of methoxy groups -OCH3 is 1. The Bertz CT molecular complexity index is 358. The van der Waals surface area contributed by atoms with E-state index in [0.29, 0.717) is 5.75 Å². The fourth-order valence-electron chi connectivity index (χ4n) is 1.16. The van der Waals surface area contributed by atoms with Crippen molar-refractivity contribution < 1.29 is 19.4 Å². The number of phenols is 1. The number of hydrogen-bond donors (Lipinski definition) is 1. The summed E-state index contributed by atoms with van der Waals surface area (Å²) < 4.78 is 9.91. The molecule has 4 nitrogen and oxygen atoms in total. The number of aromatic hydroxyl groups is 1. The molecule has 1 aromatic rings. The van der Waals surface area contributed by atoms with Gasteiger partial charge in [-0.1, -0.05) is 13.8 Å². The van der Waals surface area contributed by atoms with Crippen LogP contribution in [-0.4, -0.2) is 24.3 Å². The first-order valence-electron chi connectivity index (χ1n) is 5.62. The number of phenolic OH excluding ortho intramolecular Hbond substituents is 1. The Morgan fingerprint density at radius 3 is 2.29 bits per heavy atom. The molecule has 0 aromatic heterocycles. The standard InChI is InChI=1S/C11H14O4.C2H6/c1-7(2)15-10-5-8(11(13)14-3)4-9(12)6-10;1-2/h4-7,12H,1-3H3;1-2H3. The van der Waals surface area contributed by atoms with Crippen molar-refractivity contribution in [1.29, 1.82) is 0 Å². The number of benzene rings is 1. The molecule has 0 aliphatic heterocycles. The summed E-state index contributed by atoms with van der Waals surface area (Å²) in [4.78, 5) is 11.2. The van der Waals surface area contributed by atoms with Gasteiger partial charge >= 0.3 is 5.97 Å². The van der Waals surface area contributed by atoms with E-state index in [1.165, 1.54) is 25.3 Å². The predicted molar refractivity (Wildman–Crippen MR) is 66.6 cm³/mol. The minimum atomic E-state index is -0.500. The minimum Gasteiger partial charge on any atom is -0.508 e.